The van der Waals surface area contributed by atoms with Crippen molar-refractivity contribution in [2.45, 2.75) is 36.8 Å². The van der Waals surface area contributed by atoms with Crippen LogP contribution in [0.1, 0.15) is 25.3 Å². The molecule has 0 radical (unpaired) electrons. The van der Waals surface area contributed by atoms with Crippen LogP contribution in [-0.4, -0.2) is 49.7 Å². The Kier molecular flexibility index (Phi) is 2.56. The summed E-state index contributed by atoms with van der Waals surface area (Å²) in [5.74, 6) is 0.323. The molecule has 0 aromatic heterocycles. The van der Waals surface area contributed by atoms with E-state index in [1.165, 1.54) is 11.3 Å². The maximum atomic E-state index is 13.0. The van der Waals surface area contributed by atoms with Gasteiger partial charge < -0.3 is 9.64 Å². The third kappa shape index (κ3) is 1.17. The fourth-order valence-electron chi connectivity index (χ4n) is 8.54. The SMILES string of the molecule is COC(=O)[C@H]1C[C@@]23C=CCN4CC[C@@]5(c6ccccc6N(C)[C@]15[C@@H]2C)[C@@H]43. The van der Waals surface area contributed by atoms with Gasteiger partial charge >= 0.3 is 5.97 Å². The molecular weight excluding hydrogens is 324 g/mol. The minimum absolute atomic E-state index is 0.0244. The molecule has 136 valence electrons. The number of rotatable bonds is 1. The second-order valence-electron chi connectivity index (χ2n) is 9.04. The fourth-order valence-corrected chi connectivity index (χ4v) is 8.54. The van der Waals surface area contributed by atoms with Gasteiger partial charge in [0, 0.05) is 36.2 Å². The molecule has 26 heavy (non-hydrogen) atoms. The molecule has 0 N–H and O–H groups in total. The fraction of sp³-hybridized carbons (Fsp3) is 0.591. The van der Waals surface area contributed by atoms with E-state index in [0.29, 0.717) is 12.0 Å². The van der Waals surface area contributed by atoms with Crippen LogP contribution >= 0.6 is 0 Å². The number of anilines is 1. The van der Waals surface area contributed by atoms with Gasteiger partial charge in [-0.2, -0.15) is 0 Å². The minimum atomic E-state index is -0.183. The Hall–Kier alpha value is -1.81. The molecule has 1 saturated heterocycles. The lowest BCUT2D eigenvalue weighted by molar-refractivity contribution is -0.150. The van der Waals surface area contributed by atoms with Crippen molar-refractivity contribution in [2.24, 2.45) is 17.3 Å². The molecule has 6 atom stereocenters. The number of benzene rings is 1. The van der Waals surface area contributed by atoms with E-state index in [9.17, 15) is 4.79 Å². The number of likely N-dealkylation sites (N-methyl/N-ethyl adjacent to an activating group) is 1. The van der Waals surface area contributed by atoms with Gasteiger partial charge in [-0.25, -0.2) is 0 Å². The second-order valence-corrected chi connectivity index (χ2v) is 9.04. The van der Waals surface area contributed by atoms with Crippen molar-refractivity contribution in [2.75, 3.05) is 32.1 Å². The molecule has 2 aliphatic carbocycles. The minimum Gasteiger partial charge on any atom is -0.469 e. The molecule has 4 nitrogen and oxygen atoms in total. The number of ether oxygens (including phenoxy) is 1. The molecule has 0 amide bonds. The average Bonchev–Trinajstić information content (AvgIpc) is 3.31. The van der Waals surface area contributed by atoms with Gasteiger partial charge in [-0.1, -0.05) is 37.3 Å². The van der Waals surface area contributed by atoms with Crippen molar-refractivity contribution in [3.8, 4) is 0 Å². The molecule has 6 rings (SSSR count). The zero-order valence-electron chi connectivity index (χ0n) is 15.7. The van der Waals surface area contributed by atoms with Gasteiger partial charge in [-0.3, -0.25) is 9.69 Å². The Morgan fingerprint density at radius 2 is 2.12 bits per heavy atom. The lowest BCUT2D eigenvalue weighted by Crippen LogP contribution is -2.65. The molecule has 5 aliphatic rings. The molecule has 1 aromatic rings. The first kappa shape index (κ1) is 15.3. The summed E-state index contributed by atoms with van der Waals surface area (Å²) in [6.45, 7) is 4.58. The molecule has 3 spiro atoms. The number of esters is 1. The maximum Gasteiger partial charge on any atom is 0.311 e. The summed E-state index contributed by atoms with van der Waals surface area (Å²) in [5.41, 5.74) is 2.71. The van der Waals surface area contributed by atoms with E-state index in [0.717, 1.165) is 25.9 Å². The zero-order valence-corrected chi connectivity index (χ0v) is 15.7. The molecule has 2 saturated carbocycles. The van der Waals surface area contributed by atoms with Gasteiger partial charge in [0.15, 0.2) is 0 Å². The summed E-state index contributed by atoms with van der Waals surface area (Å²) in [7, 11) is 3.78. The monoisotopic (exact) mass is 350 g/mol. The van der Waals surface area contributed by atoms with Crippen LogP contribution in [0.4, 0.5) is 5.69 Å². The van der Waals surface area contributed by atoms with E-state index >= 15 is 0 Å². The normalized spacial score (nSPS) is 47.0. The van der Waals surface area contributed by atoms with Crippen LogP contribution in [0.15, 0.2) is 36.4 Å². The highest BCUT2D eigenvalue weighted by molar-refractivity contribution is 5.83. The molecule has 0 unspecified atom stereocenters. The van der Waals surface area contributed by atoms with E-state index in [-0.39, 0.29) is 28.3 Å². The lowest BCUT2D eigenvalue weighted by Gasteiger charge is -2.52. The van der Waals surface area contributed by atoms with Crippen LogP contribution < -0.4 is 4.90 Å². The predicted molar refractivity (Wildman–Crippen MR) is 100 cm³/mol. The molecule has 2 bridgehead atoms. The van der Waals surface area contributed by atoms with Crippen molar-refractivity contribution in [1.82, 2.24) is 4.90 Å². The summed E-state index contributed by atoms with van der Waals surface area (Å²) in [5, 5.41) is 0. The summed E-state index contributed by atoms with van der Waals surface area (Å²) in [6.07, 6.45) is 6.89. The summed E-state index contributed by atoms with van der Waals surface area (Å²) >= 11 is 0. The molecule has 3 heterocycles. The first-order valence-electron chi connectivity index (χ1n) is 9.88. The van der Waals surface area contributed by atoms with Crippen LogP contribution in [-0.2, 0) is 14.9 Å². The Morgan fingerprint density at radius 3 is 2.92 bits per heavy atom. The number of methoxy groups -OCH3 is 1. The number of hydrogen-bond acceptors (Lipinski definition) is 4. The second kappa shape index (κ2) is 4.36. The first-order valence-corrected chi connectivity index (χ1v) is 9.88. The van der Waals surface area contributed by atoms with E-state index in [1.54, 1.807) is 7.11 Å². The van der Waals surface area contributed by atoms with Gasteiger partial charge in [-0.15, -0.1) is 0 Å². The van der Waals surface area contributed by atoms with E-state index in [1.807, 2.05) is 0 Å². The van der Waals surface area contributed by atoms with Gasteiger partial charge in [-0.05, 0) is 36.9 Å². The Balaban J connectivity index is 1.73. The maximum absolute atomic E-state index is 13.0. The Bertz CT molecular complexity index is 865. The van der Waals surface area contributed by atoms with E-state index in [2.05, 4.69) is 60.2 Å². The number of hydrogen-bond donors (Lipinski definition) is 0. The van der Waals surface area contributed by atoms with Gasteiger partial charge in [0.1, 0.15) is 0 Å². The largest absolute Gasteiger partial charge is 0.469 e. The summed E-state index contributed by atoms with van der Waals surface area (Å²) < 4.78 is 5.36. The molecule has 1 aromatic carbocycles. The molecular formula is C22H26N2O2. The summed E-state index contributed by atoms with van der Waals surface area (Å²) in [6, 6.07) is 9.40. The topological polar surface area (TPSA) is 32.8 Å². The Labute approximate surface area is 154 Å². The number of para-hydroxylation sites is 1. The number of fused-ring (bicyclic) bond motifs is 1. The van der Waals surface area contributed by atoms with E-state index < -0.39 is 0 Å². The van der Waals surface area contributed by atoms with Gasteiger partial charge in [0.05, 0.1) is 18.6 Å². The quantitative estimate of drug-likeness (QED) is 0.576. The standard InChI is InChI=1S/C22H26N2O2/c1-14-20-9-6-11-24-12-10-21(19(20)24)15-7-4-5-8-17(15)23(2)22(14,21)16(13-20)18(25)26-3/h4-9,14,16,19H,10-13H2,1-3H3/t14-,16-,19+,20+,21-,22-/m1/s1. The third-order valence-corrected chi connectivity index (χ3v) is 8.96. The first-order chi connectivity index (χ1) is 12.6. The van der Waals surface area contributed by atoms with Crippen LogP contribution in [0, 0.1) is 17.3 Å². The smallest absolute Gasteiger partial charge is 0.311 e. The number of carbonyl (C=O) groups excluding carboxylic acids is 1. The van der Waals surface area contributed by atoms with Crippen LogP contribution in [0.2, 0.25) is 0 Å². The van der Waals surface area contributed by atoms with Gasteiger partial charge in [0.25, 0.3) is 0 Å². The van der Waals surface area contributed by atoms with Crippen molar-refractivity contribution in [3.05, 3.63) is 42.0 Å². The highest BCUT2D eigenvalue weighted by Gasteiger charge is 2.87. The highest BCUT2D eigenvalue weighted by Crippen LogP contribution is 2.80. The van der Waals surface area contributed by atoms with Gasteiger partial charge in [0.2, 0.25) is 0 Å². The number of carbonyl (C=O) groups is 1. The lowest BCUT2D eigenvalue weighted by atomic mass is 9.57. The highest BCUT2D eigenvalue weighted by atomic mass is 16.5. The number of nitrogens with zero attached hydrogens (tertiary/aromatic N) is 2. The van der Waals surface area contributed by atoms with Crippen LogP contribution in [0.25, 0.3) is 0 Å². The van der Waals surface area contributed by atoms with Crippen molar-refractivity contribution in [3.63, 3.8) is 0 Å². The van der Waals surface area contributed by atoms with Crippen LogP contribution in [0.5, 0.6) is 0 Å². The molecule has 3 fully saturated rings. The van der Waals surface area contributed by atoms with Crippen molar-refractivity contribution < 1.29 is 9.53 Å². The predicted octanol–water partition coefficient (Wildman–Crippen LogP) is 2.59. The van der Waals surface area contributed by atoms with Crippen molar-refractivity contribution in [1.29, 1.82) is 0 Å². The Morgan fingerprint density at radius 1 is 1.31 bits per heavy atom. The van der Waals surface area contributed by atoms with Crippen LogP contribution in [0.3, 0.4) is 0 Å². The molecule has 4 heteroatoms. The average molecular weight is 350 g/mol. The van der Waals surface area contributed by atoms with E-state index in [4.69, 9.17) is 4.74 Å². The van der Waals surface area contributed by atoms with Crippen molar-refractivity contribution >= 4 is 11.7 Å². The zero-order chi connectivity index (χ0) is 17.9. The summed E-state index contributed by atoms with van der Waals surface area (Å²) in [4.78, 5) is 18.2. The molecule has 3 aliphatic heterocycles. The third-order valence-electron chi connectivity index (χ3n) is 8.96.